The van der Waals surface area contributed by atoms with Crippen LogP contribution in [0.2, 0.25) is 5.02 Å². The monoisotopic (exact) mass is 498 g/mol. The van der Waals surface area contributed by atoms with Crippen molar-refractivity contribution in [3.05, 3.63) is 88.4 Å². The lowest BCUT2D eigenvalue weighted by molar-refractivity contribution is -0.118. The number of benzene rings is 3. The summed E-state index contributed by atoms with van der Waals surface area (Å²) in [4.78, 5) is 19.8. The van der Waals surface area contributed by atoms with Crippen molar-refractivity contribution >= 4 is 54.0 Å². The highest BCUT2D eigenvalue weighted by Crippen LogP contribution is 2.33. The zero-order valence-corrected chi connectivity index (χ0v) is 20.7. The van der Waals surface area contributed by atoms with Crippen LogP contribution >= 0.6 is 22.9 Å². The van der Waals surface area contributed by atoms with Gasteiger partial charge >= 0.3 is 0 Å². The molecule has 1 heterocycles. The number of aryl methyl sites for hydroxylation is 2. The number of sulfone groups is 1. The zero-order chi connectivity index (χ0) is 23.6. The molecule has 0 atom stereocenters. The smallest absolute Gasteiger partial charge is 0.230 e. The zero-order valence-electron chi connectivity index (χ0n) is 18.3. The predicted molar refractivity (Wildman–Crippen MR) is 135 cm³/mol. The Hall–Kier alpha value is -2.74. The number of carbonyl (C=O) groups excluding carboxylic acids is 1. The van der Waals surface area contributed by atoms with Gasteiger partial charge in [-0.05, 0) is 60.9 Å². The molecule has 0 aliphatic rings. The average Bonchev–Trinajstić information content (AvgIpc) is 3.24. The van der Waals surface area contributed by atoms with Crippen molar-refractivity contribution in [1.29, 1.82) is 0 Å². The second-order valence-electron chi connectivity index (χ2n) is 7.84. The number of carbonyl (C=O) groups is 1. The maximum atomic E-state index is 13.3. The van der Waals surface area contributed by atoms with Gasteiger partial charge in [-0.15, -0.1) is 0 Å². The van der Waals surface area contributed by atoms with Crippen molar-refractivity contribution < 1.29 is 13.2 Å². The molecular weight excluding hydrogens is 476 g/mol. The van der Waals surface area contributed by atoms with E-state index in [4.69, 9.17) is 16.6 Å². The van der Waals surface area contributed by atoms with Crippen LogP contribution in [-0.4, -0.2) is 25.1 Å². The number of halogens is 1. The Kier molecular flexibility index (Phi) is 6.83. The Balaban J connectivity index is 1.62. The highest BCUT2D eigenvalue weighted by atomic mass is 35.5. The predicted octanol–water partition coefficient (Wildman–Crippen LogP) is 5.96. The molecule has 0 fully saturated rings. The first-order valence-corrected chi connectivity index (χ1v) is 13.3. The van der Waals surface area contributed by atoms with Crippen LogP contribution in [0.25, 0.3) is 10.2 Å². The van der Waals surface area contributed by atoms with Gasteiger partial charge in [-0.2, -0.15) is 0 Å². The van der Waals surface area contributed by atoms with Gasteiger partial charge in [-0.25, -0.2) is 13.4 Å². The highest BCUT2D eigenvalue weighted by Gasteiger charge is 2.24. The Morgan fingerprint density at radius 3 is 2.39 bits per heavy atom. The van der Waals surface area contributed by atoms with Crippen LogP contribution in [0.3, 0.4) is 0 Å². The van der Waals surface area contributed by atoms with Crippen LogP contribution in [0.1, 0.15) is 23.1 Å². The fourth-order valence-corrected chi connectivity index (χ4v) is 5.87. The molecule has 0 unspecified atom stereocenters. The maximum Gasteiger partial charge on any atom is 0.230 e. The molecule has 0 spiro atoms. The summed E-state index contributed by atoms with van der Waals surface area (Å²) < 4.78 is 26.5. The number of thiazole rings is 1. The lowest BCUT2D eigenvalue weighted by Crippen LogP contribution is -2.31. The molecule has 170 valence electrons. The van der Waals surface area contributed by atoms with E-state index in [1.54, 1.807) is 4.90 Å². The Bertz CT molecular complexity index is 1400. The molecule has 0 aliphatic heterocycles. The summed E-state index contributed by atoms with van der Waals surface area (Å²) in [5, 5.41) is 1.02. The van der Waals surface area contributed by atoms with Crippen molar-refractivity contribution in [2.45, 2.75) is 31.7 Å². The summed E-state index contributed by atoms with van der Waals surface area (Å²) in [7, 11) is -3.62. The molecule has 0 radical (unpaired) electrons. The largest absolute Gasteiger partial charge is 0.284 e. The molecule has 0 bridgehead atoms. The minimum atomic E-state index is -3.62. The SMILES string of the molecule is Cc1ccc2sc(N(Cc3ccccc3)C(=O)CCS(=O)(=O)c3ccc(Cl)cc3)nc2c1C. The van der Waals surface area contributed by atoms with Crippen LogP contribution in [0.15, 0.2) is 71.6 Å². The van der Waals surface area contributed by atoms with Gasteiger partial charge in [0.15, 0.2) is 15.0 Å². The molecular formula is C25H23ClN2O3S2. The van der Waals surface area contributed by atoms with Crippen LogP contribution in [0.5, 0.6) is 0 Å². The summed E-state index contributed by atoms with van der Waals surface area (Å²) in [5.41, 5.74) is 4.02. The molecule has 8 heteroatoms. The quantitative estimate of drug-likeness (QED) is 0.315. The van der Waals surface area contributed by atoms with Gasteiger partial charge in [0.1, 0.15) is 0 Å². The highest BCUT2D eigenvalue weighted by molar-refractivity contribution is 7.91. The molecule has 4 rings (SSSR count). The lowest BCUT2D eigenvalue weighted by atomic mass is 10.1. The molecule has 3 aromatic carbocycles. The van der Waals surface area contributed by atoms with Gasteiger partial charge in [0, 0.05) is 11.4 Å². The summed E-state index contributed by atoms with van der Waals surface area (Å²) in [6.07, 6.45) is -0.147. The van der Waals surface area contributed by atoms with Crippen molar-refractivity contribution in [2.24, 2.45) is 0 Å². The third-order valence-corrected chi connectivity index (χ3v) is 8.57. The summed E-state index contributed by atoms with van der Waals surface area (Å²) in [6.45, 7) is 4.37. The lowest BCUT2D eigenvalue weighted by Gasteiger charge is -2.20. The first-order chi connectivity index (χ1) is 15.7. The first-order valence-electron chi connectivity index (χ1n) is 10.4. The van der Waals surface area contributed by atoms with Gasteiger partial charge in [0.2, 0.25) is 5.91 Å². The summed E-state index contributed by atoms with van der Waals surface area (Å²) in [5.74, 6) is -0.577. The summed E-state index contributed by atoms with van der Waals surface area (Å²) >= 11 is 7.31. The van der Waals surface area contributed by atoms with Crippen molar-refractivity contribution in [3.63, 3.8) is 0 Å². The van der Waals surface area contributed by atoms with E-state index in [0.717, 1.165) is 26.9 Å². The normalized spacial score (nSPS) is 11.6. The number of fused-ring (bicyclic) bond motifs is 1. The fourth-order valence-electron chi connectivity index (χ4n) is 3.47. The van der Waals surface area contributed by atoms with Gasteiger partial charge in [0.05, 0.1) is 27.4 Å². The number of nitrogens with zero attached hydrogens (tertiary/aromatic N) is 2. The molecule has 5 nitrogen and oxygen atoms in total. The fraction of sp³-hybridized carbons (Fsp3) is 0.200. The van der Waals surface area contributed by atoms with Crippen LogP contribution < -0.4 is 4.90 Å². The third kappa shape index (κ3) is 5.27. The van der Waals surface area contributed by atoms with Crippen LogP contribution in [0, 0.1) is 13.8 Å². The van der Waals surface area contributed by atoms with Gasteiger partial charge < -0.3 is 0 Å². The Morgan fingerprint density at radius 1 is 1.00 bits per heavy atom. The Morgan fingerprint density at radius 2 is 1.70 bits per heavy atom. The van der Waals surface area contributed by atoms with E-state index < -0.39 is 9.84 Å². The molecule has 0 N–H and O–H groups in total. The first kappa shape index (κ1) is 23.4. The van der Waals surface area contributed by atoms with Gasteiger partial charge in [-0.1, -0.05) is 59.3 Å². The molecule has 1 amide bonds. The van der Waals surface area contributed by atoms with E-state index in [2.05, 4.69) is 0 Å². The van der Waals surface area contributed by atoms with Crippen molar-refractivity contribution in [1.82, 2.24) is 4.98 Å². The number of rotatable bonds is 7. The van der Waals surface area contributed by atoms with E-state index in [0.29, 0.717) is 16.7 Å². The Labute approximate surface area is 202 Å². The molecule has 0 saturated carbocycles. The van der Waals surface area contributed by atoms with Gasteiger partial charge in [-0.3, -0.25) is 9.69 Å². The van der Waals surface area contributed by atoms with E-state index in [-0.39, 0.29) is 23.0 Å². The molecule has 0 aliphatic carbocycles. The molecule has 1 aromatic heterocycles. The number of hydrogen-bond donors (Lipinski definition) is 0. The van der Waals surface area contributed by atoms with Crippen molar-refractivity contribution in [3.8, 4) is 0 Å². The second-order valence-corrected chi connectivity index (χ2v) is 11.4. The van der Waals surface area contributed by atoms with Crippen molar-refractivity contribution in [2.75, 3.05) is 10.7 Å². The molecule has 33 heavy (non-hydrogen) atoms. The molecule has 0 saturated heterocycles. The van der Waals surface area contributed by atoms with E-state index in [1.165, 1.54) is 35.6 Å². The standard InChI is InChI=1S/C25H23ClN2O3S2/c1-17-8-13-22-24(18(17)2)27-25(32-22)28(16-19-6-4-3-5-7-19)23(29)14-15-33(30,31)21-11-9-20(26)10-12-21/h3-13H,14-16H2,1-2H3. The minimum absolute atomic E-state index is 0.147. The van der Waals surface area contributed by atoms with E-state index >= 15 is 0 Å². The van der Waals surface area contributed by atoms with Gasteiger partial charge in [0.25, 0.3) is 0 Å². The van der Waals surface area contributed by atoms with E-state index in [1.807, 2.05) is 56.3 Å². The third-order valence-electron chi connectivity index (χ3n) is 5.55. The topological polar surface area (TPSA) is 67.3 Å². The number of anilines is 1. The average molecular weight is 499 g/mol. The number of amides is 1. The number of aromatic nitrogens is 1. The van der Waals surface area contributed by atoms with Crippen LogP contribution in [-0.2, 0) is 21.2 Å². The van der Waals surface area contributed by atoms with Crippen LogP contribution in [0.4, 0.5) is 5.13 Å². The summed E-state index contributed by atoms with van der Waals surface area (Å²) in [6, 6.07) is 19.7. The van der Waals surface area contributed by atoms with E-state index in [9.17, 15) is 13.2 Å². The minimum Gasteiger partial charge on any atom is -0.284 e. The number of hydrogen-bond acceptors (Lipinski definition) is 5. The second kappa shape index (κ2) is 9.63. The maximum absolute atomic E-state index is 13.3. The molecule has 4 aromatic rings.